The average Bonchev–Trinajstić information content (AvgIpc) is 2.71. The first-order valence-electron chi connectivity index (χ1n) is 5.54. The second-order valence-electron chi connectivity index (χ2n) is 4.53. The third kappa shape index (κ3) is 2.19. The summed E-state index contributed by atoms with van der Waals surface area (Å²) < 4.78 is 0. The van der Waals surface area contributed by atoms with Gasteiger partial charge in [0.1, 0.15) is 5.92 Å². The minimum atomic E-state index is -0.751. The number of carboxylic acids is 1. The smallest absolute Gasteiger partial charge is 0.312 e. The van der Waals surface area contributed by atoms with Gasteiger partial charge >= 0.3 is 5.97 Å². The van der Waals surface area contributed by atoms with Crippen molar-refractivity contribution in [2.45, 2.75) is 32.6 Å². The first kappa shape index (κ1) is 11.4. The maximum Gasteiger partial charge on any atom is 0.312 e. The second-order valence-corrected chi connectivity index (χ2v) is 5.62. The van der Waals surface area contributed by atoms with Crippen LogP contribution >= 0.6 is 11.3 Å². The maximum atomic E-state index is 11.0. The standard InChI is InChI=1S/C11H16N2O2S/c1-6(2)5-12-11-13-9-7(10(14)15)3-4-8(9)16-11/h6-7H,3-5H2,1-2H3,(H,12,13)(H,14,15). The Morgan fingerprint density at radius 3 is 3.06 bits per heavy atom. The fourth-order valence-electron chi connectivity index (χ4n) is 1.83. The first-order chi connectivity index (χ1) is 7.58. The van der Waals surface area contributed by atoms with E-state index in [1.165, 1.54) is 0 Å². The monoisotopic (exact) mass is 240 g/mol. The molecular formula is C11H16N2O2S. The number of hydrogen-bond donors (Lipinski definition) is 2. The average molecular weight is 240 g/mol. The first-order valence-corrected chi connectivity index (χ1v) is 6.36. The SMILES string of the molecule is CC(C)CNc1nc2c(s1)CCC2C(=O)O. The van der Waals surface area contributed by atoms with Crippen molar-refractivity contribution in [3.8, 4) is 0 Å². The highest BCUT2D eigenvalue weighted by molar-refractivity contribution is 7.15. The van der Waals surface area contributed by atoms with Gasteiger partial charge in [0.05, 0.1) is 5.69 Å². The van der Waals surface area contributed by atoms with Crippen LogP contribution in [-0.4, -0.2) is 22.6 Å². The molecule has 1 aromatic rings. The highest BCUT2D eigenvalue weighted by atomic mass is 32.1. The zero-order valence-corrected chi connectivity index (χ0v) is 10.3. The predicted molar refractivity (Wildman–Crippen MR) is 64.1 cm³/mol. The van der Waals surface area contributed by atoms with Crippen LogP contribution in [0.5, 0.6) is 0 Å². The third-order valence-corrected chi connectivity index (χ3v) is 3.77. The van der Waals surface area contributed by atoms with E-state index >= 15 is 0 Å². The molecule has 0 amide bonds. The van der Waals surface area contributed by atoms with Crippen LogP contribution in [0.4, 0.5) is 5.13 Å². The van der Waals surface area contributed by atoms with Crippen molar-refractivity contribution >= 4 is 22.4 Å². The summed E-state index contributed by atoms with van der Waals surface area (Å²) >= 11 is 1.60. The summed E-state index contributed by atoms with van der Waals surface area (Å²) in [5, 5.41) is 13.1. The van der Waals surface area contributed by atoms with Gasteiger partial charge in [0.2, 0.25) is 0 Å². The van der Waals surface area contributed by atoms with E-state index in [2.05, 4.69) is 24.1 Å². The Morgan fingerprint density at radius 2 is 2.44 bits per heavy atom. The van der Waals surface area contributed by atoms with Gasteiger partial charge in [0.15, 0.2) is 5.13 Å². The van der Waals surface area contributed by atoms with Gasteiger partial charge in [-0.1, -0.05) is 13.8 Å². The van der Waals surface area contributed by atoms with Crippen LogP contribution in [0.1, 0.15) is 36.8 Å². The molecule has 2 N–H and O–H groups in total. The zero-order valence-electron chi connectivity index (χ0n) is 9.49. The highest BCUT2D eigenvalue weighted by Gasteiger charge is 2.32. The molecule has 0 radical (unpaired) electrons. The van der Waals surface area contributed by atoms with E-state index in [1.54, 1.807) is 11.3 Å². The number of thiazole rings is 1. The summed E-state index contributed by atoms with van der Waals surface area (Å²) in [5.41, 5.74) is 0.781. The summed E-state index contributed by atoms with van der Waals surface area (Å²) in [7, 11) is 0. The lowest BCUT2D eigenvalue weighted by molar-refractivity contribution is -0.138. The minimum absolute atomic E-state index is 0.388. The molecule has 1 unspecified atom stereocenters. The van der Waals surface area contributed by atoms with Gasteiger partial charge in [0, 0.05) is 11.4 Å². The van der Waals surface area contributed by atoms with Crippen LogP contribution in [-0.2, 0) is 11.2 Å². The van der Waals surface area contributed by atoms with Gasteiger partial charge in [-0.2, -0.15) is 0 Å². The highest BCUT2D eigenvalue weighted by Crippen LogP contribution is 2.38. The van der Waals surface area contributed by atoms with Crippen LogP contribution in [0.3, 0.4) is 0 Å². The number of aliphatic carboxylic acids is 1. The van der Waals surface area contributed by atoms with Gasteiger partial charge in [-0.3, -0.25) is 4.79 Å². The van der Waals surface area contributed by atoms with Crippen LogP contribution in [0.15, 0.2) is 0 Å². The Labute approximate surface area is 98.7 Å². The zero-order chi connectivity index (χ0) is 11.7. The number of anilines is 1. The molecule has 0 fully saturated rings. The minimum Gasteiger partial charge on any atom is -0.481 e. The summed E-state index contributed by atoms with van der Waals surface area (Å²) in [6.07, 6.45) is 1.56. The fourth-order valence-corrected chi connectivity index (χ4v) is 2.88. The van der Waals surface area contributed by atoms with E-state index in [1.807, 2.05) is 0 Å². The predicted octanol–water partition coefficient (Wildman–Crippen LogP) is 2.33. The topological polar surface area (TPSA) is 62.2 Å². The van der Waals surface area contributed by atoms with E-state index in [4.69, 9.17) is 5.11 Å². The molecule has 1 heterocycles. The number of hydrogen-bond acceptors (Lipinski definition) is 4. The number of nitrogens with zero attached hydrogens (tertiary/aromatic N) is 1. The summed E-state index contributed by atoms with van der Waals surface area (Å²) in [6, 6.07) is 0. The third-order valence-electron chi connectivity index (χ3n) is 2.68. The van der Waals surface area contributed by atoms with Crippen molar-refractivity contribution < 1.29 is 9.90 Å². The Kier molecular flexibility index (Phi) is 3.14. The van der Waals surface area contributed by atoms with Gasteiger partial charge in [0.25, 0.3) is 0 Å². The van der Waals surface area contributed by atoms with Crippen molar-refractivity contribution in [1.29, 1.82) is 0 Å². The summed E-state index contributed by atoms with van der Waals surface area (Å²) in [4.78, 5) is 16.5. The summed E-state index contributed by atoms with van der Waals surface area (Å²) in [6.45, 7) is 5.15. The molecular weight excluding hydrogens is 224 g/mol. The normalized spacial score (nSPS) is 18.8. The molecule has 1 atom stereocenters. The van der Waals surface area contributed by atoms with Crippen LogP contribution in [0, 0.1) is 5.92 Å². The van der Waals surface area contributed by atoms with Gasteiger partial charge in [-0.05, 0) is 18.8 Å². The molecule has 1 aliphatic rings. The van der Waals surface area contributed by atoms with Crippen molar-refractivity contribution in [2.75, 3.05) is 11.9 Å². The molecule has 0 saturated heterocycles. The number of carbonyl (C=O) groups is 1. The van der Waals surface area contributed by atoms with Gasteiger partial charge < -0.3 is 10.4 Å². The molecule has 0 spiro atoms. The molecule has 0 aliphatic heterocycles. The van der Waals surface area contributed by atoms with Crippen molar-refractivity contribution in [3.05, 3.63) is 10.6 Å². The number of aryl methyl sites for hydroxylation is 1. The quantitative estimate of drug-likeness (QED) is 0.848. The number of carboxylic acid groups (broad SMARTS) is 1. The molecule has 5 heteroatoms. The number of fused-ring (bicyclic) bond motifs is 1. The van der Waals surface area contributed by atoms with Crippen LogP contribution < -0.4 is 5.32 Å². The molecule has 2 rings (SSSR count). The molecule has 16 heavy (non-hydrogen) atoms. The molecule has 1 aromatic heterocycles. The van der Waals surface area contributed by atoms with Crippen molar-refractivity contribution in [1.82, 2.24) is 4.98 Å². The molecule has 0 bridgehead atoms. The summed E-state index contributed by atoms with van der Waals surface area (Å²) in [5.74, 6) is -0.575. The Morgan fingerprint density at radius 1 is 1.69 bits per heavy atom. The van der Waals surface area contributed by atoms with Gasteiger partial charge in [-0.15, -0.1) is 11.3 Å². The molecule has 1 aliphatic carbocycles. The number of aromatic nitrogens is 1. The largest absolute Gasteiger partial charge is 0.481 e. The van der Waals surface area contributed by atoms with Crippen LogP contribution in [0.25, 0.3) is 0 Å². The van der Waals surface area contributed by atoms with E-state index in [9.17, 15) is 4.79 Å². The Hall–Kier alpha value is -1.10. The van der Waals surface area contributed by atoms with Crippen molar-refractivity contribution in [3.63, 3.8) is 0 Å². The maximum absolute atomic E-state index is 11.0. The fraction of sp³-hybridized carbons (Fsp3) is 0.636. The lowest BCUT2D eigenvalue weighted by Crippen LogP contribution is -2.10. The second kappa shape index (κ2) is 4.41. The lowest BCUT2D eigenvalue weighted by Gasteiger charge is -2.05. The molecule has 0 saturated carbocycles. The number of nitrogens with one attached hydrogen (secondary N) is 1. The van der Waals surface area contributed by atoms with E-state index in [0.717, 1.165) is 28.7 Å². The van der Waals surface area contributed by atoms with Crippen LogP contribution in [0.2, 0.25) is 0 Å². The Bertz CT molecular complexity index is 401. The van der Waals surface area contributed by atoms with E-state index < -0.39 is 5.97 Å². The van der Waals surface area contributed by atoms with Gasteiger partial charge in [-0.25, -0.2) is 4.98 Å². The number of rotatable bonds is 4. The molecule has 0 aromatic carbocycles. The van der Waals surface area contributed by atoms with E-state index in [0.29, 0.717) is 12.3 Å². The van der Waals surface area contributed by atoms with E-state index in [-0.39, 0.29) is 5.92 Å². The van der Waals surface area contributed by atoms with Crippen molar-refractivity contribution in [2.24, 2.45) is 5.92 Å². The Balaban J connectivity index is 2.10. The lowest BCUT2D eigenvalue weighted by atomic mass is 10.1. The molecule has 4 nitrogen and oxygen atoms in total. The molecule has 88 valence electrons.